The SMILES string of the molecule is CCCCCCCCCCCOCC(=O)OC1CCC(NC(=O)C(OC)C(O)C(O)C(O)C=CC(C)(C)C=O)C(=O)NC1. The van der Waals surface area contributed by atoms with Gasteiger partial charge in [0.25, 0.3) is 5.91 Å². The van der Waals surface area contributed by atoms with Crippen LogP contribution in [0.25, 0.3) is 0 Å². The van der Waals surface area contributed by atoms with E-state index < -0.39 is 59.8 Å². The number of aliphatic hydroxyl groups is 3. The molecular formula is C31H54N2O10. The zero-order valence-electron chi connectivity index (χ0n) is 26.3. The van der Waals surface area contributed by atoms with Crippen molar-refractivity contribution in [1.29, 1.82) is 0 Å². The van der Waals surface area contributed by atoms with Gasteiger partial charge in [0.1, 0.15) is 43.4 Å². The minimum atomic E-state index is -1.85. The van der Waals surface area contributed by atoms with E-state index in [4.69, 9.17) is 14.2 Å². The molecule has 1 rings (SSSR count). The Hall–Kier alpha value is -2.38. The van der Waals surface area contributed by atoms with Gasteiger partial charge in [0.05, 0.1) is 6.54 Å². The minimum absolute atomic E-state index is 0.0694. The predicted molar refractivity (Wildman–Crippen MR) is 160 cm³/mol. The maximum absolute atomic E-state index is 12.8. The van der Waals surface area contributed by atoms with Gasteiger partial charge in [-0.05, 0) is 33.1 Å². The number of esters is 1. The highest BCUT2D eigenvalue weighted by molar-refractivity contribution is 5.89. The van der Waals surface area contributed by atoms with Gasteiger partial charge in [0.2, 0.25) is 5.91 Å². The number of amides is 2. The van der Waals surface area contributed by atoms with Crippen LogP contribution in [0.15, 0.2) is 12.2 Å². The maximum Gasteiger partial charge on any atom is 0.332 e. The van der Waals surface area contributed by atoms with Gasteiger partial charge in [-0.2, -0.15) is 0 Å². The predicted octanol–water partition coefficient (Wildman–Crippen LogP) is 1.72. The van der Waals surface area contributed by atoms with Crippen molar-refractivity contribution in [3.8, 4) is 0 Å². The smallest absolute Gasteiger partial charge is 0.332 e. The Bertz CT molecular complexity index is 866. The molecule has 5 N–H and O–H groups in total. The molecule has 0 radical (unpaired) electrons. The largest absolute Gasteiger partial charge is 0.459 e. The van der Waals surface area contributed by atoms with Gasteiger partial charge in [0, 0.05) is 19.1 Å². The Morgan fingerprint density at radius 2 is 1.65 bits per heavy atom. The molecule has 0 aromatic heterocycles. The normalized spacial score (nSPS) is 20.5. The van der Waals surface area contributed by atoms with E-state index in [1.165, 1.54) is 44.6 Å². The van der Waals surface area contributed by atoms with Crippen molar-refractivity contribution in [1.82, 2.24) is 10.6 Å². The van der Waals surface area contributed by atoms with E-state index in [9.17, 15) is 34.5 Å². The first kappa shape index (κ1) is 38.6. The van der Waals surface area contributed by atoms with Gasteiger partial charge in [-0.3, -0.25) is 9.59 Å². The van der Waals surface area contributed by atoms with E-state index in [-0.39, 0.29) is 26.0 Å². The molecule has 1 aliphatic rings. The lowest BCUT2D eigenvalue weighted by Gasteiger charge is -2.28. The second-order valence-corrected chi connectivity index (χ2v) is 11.8. The van der Waals surface area contributed by atoms with Crippen LogP contribution in [0.3, 0.4) is 0 Å². The molecule has 1 aliphatic heterocycles. The molecule has 0 aromatic carbocycles. The third-order valence-corrected chi connectivity index (χ3v) is 7.37. The van der Waals surface area contributed by atoms with Crippen LogP contribution < -0.4 is 10.6 Å². The minimum Gasteiger partial charge on any atom is -0.459 e. The fourth-order valence-corrected chi connectivity index (χ4v) is 4.59. The maximum atomic E-state index is 12.8. The monoisotopic (exact) mass is 614 g/mol. The lowest BCUT2D eigenvalue weighted by molar-refractivity contribution is -0.154. The summed E-state index contributed by atoms with van der Waals surface area (Å²) in [4.78, 5) is 48.7. The van der Waals surface area contributed by atoms with E-state index >= 15 is 0 Å². The summed E-state index contributed by atoms with van der Waals surface area (Å²) in [5.41, 5.74) is -0.900. The van der Waals surface area contributed by atoms with Crippen LogP contribution in [0.1, 0.15) is 91.4 Å². The molecule has 0 spiro atoms. The van der Waals surface area contributed by atoms with E-state index in [1.54, 1.807) is 13.8 Å². The fourth-order valence-electron chi connectivity index (χ4n) is 4.59. The van der Waals surface area contributed by atoms with E-state index in [2.05, 4.69) is 17.6 Å². The van der Waals surface area contributed by atoms with Crippen LogP contribution in [0, 0.1) is 5.41 Å². The number of hydrogen-bond acceptors (Lipinski definition) is 10. The Labute approximate surface area is 255 Å². The van der Waals surface area contributed by atoms with E-state index in [1.807, 2.05) is 0 Å². The Morgan fingerprint density at radius 3 is 2.26 bits per heavy atom. The average Bonchev–Trinajstić information content (AvgIpc) is 3.15. The van der Waals surface area contributed by atoms with Crippen LogP contribution in [0.5, 0.6) is 0 Å². The highest BCUT2D eigenvalue weighted by Gasteiger charge is 2.37. The third-order valence-electron chi connectivity index (χ3n) is 7.37. The van der Waals surface area contributed by atoms with Crippen molar-refractivity contribution in [2.24, 2.45) is 5.41 Å². The summed E-state index contributed by atoms with van der Waals surface area (Å²) in [5, 5.41) is 36.2. The summed E-state index contributed by atoms with van der Waals surface area (Å²) in [6.07, 6.45) is 6.87. The van der Waals surface area contributed by atoms with Crippen LogP contribution in [0.2, 0.25) is 0 Å². The number of ether oxygens (including phenoxy) is 3. The summed E-state index contributed by atoms with van der Waals surface area (Å²) in [7, 11) is 1.14. The molecule has 0 saturated carbocycles. The molecule has 1 heterocycles. The first-order chi connectivity index (χ1) is 20.4. The summed E-state index contributed by atoms with van der Waals surface area (Å²) < 4.78 is 15.9. The molecule has 6 atom stereocenters. The number of hydrogen-bond donors (Lipinski definition) is 5. The standard InChI is InChI=1S/C31H54N2O10/c1-5-6-7-8-9-10-11-12-13-18-42-20-25(36)43-22-14-15-23(29(39)32-19-22)33-30(40)28(41-4)27(38)26(37)24(35)16-17-31(2,3)21-34/h16-17,21-24,26-28,35,37-38H,5-15,18-20H2,1-4H3,(H,32,39)(H,33,40). The number of carbonyl (C=O) groups is 4. The molecule has 0 aliphatic carbocycles. The number of allylic oxidation sites excluding steroid dienone is 1. The molecule has 43 heavy (non-hydrogen) atoms. The number of unbranched alkanes of at least 4 members (excludes halogenated alkanes) is 8. The summed E-state index contributed by atoms with van der Waals surface area (Å²) in [5.74, 6) is -1.91. The lowest BCUT2D eigenvalue weighted by Crippen LogP contribution is -2.55. The highest BCUT2D eigenvalue weighted by atomic mass is 16.6. The number of carbonyl (C=O) groups excluding carboxylic acids is 4. The van der Waals surface area contributed by atoms with Gasteiger partial charge in [0.15, 0.2) is 6.10 Å². The van der Waals surface area contributed by atoms with Gasteiger partial charge in [-0.15, -0.1) is 0 Å². The van der Waals surface area contributed by atoms with Crippen molar-refractivity contribution >= 4 is 24.1 Å². The van der Waals surface area contributed by atoms with E-state index in [0.717, 1.165) is 32.4 Å². The highest BCUT2D eigenvalue weighted by Crippen LogP contribution is 2.17. The first-order valence-corrected chi connectivity index (χ1v) is 15.5. The van der Waals surface area contributed by atoms with Gasteiger partial charge in [-0.1, -0.05) is 70.4 Å². The molecule has 12 heteroatoms. The van der Waals surface area contributed by atoms with Gasteiger partial charge < -0.3 is 45.0 Å². The van der Waals surface area contributed by atoms with Crippen molar-refractivity contribution in [2.75, 3.05) is 26.9 Å². The molecule has 0 aromatic rings. The Balaban J connectivity index is 2.44. The van der Waals surface area contributed by atoms with Gasteiger partial charge in [-0.25, -0.2) is 4.79 Å². The van der Waals surface area contributed by atoms with Crippen LogP contribution in [-0.2, 0) is 33.4 Å². The topological polar surface area (TPSA) is 181 Å². The number of nitrogens with one attached hydrogen (secondary N) is 2. The third kappa shape index (κ3) is 15.8. The summed E-state index contributed by atoms with van der Waals surface area (Å²) in [6, 6.07) is -1.00. The lowest BCUT2D eigenvalue weighted by atomic mass is 9.93. The van der Waals surface area contributed by atoms with Crippen LogP contribution in [-0.4, -0.2) is 103 Å². The zero-order valence-corrected chi connectivity index (χ0v) is 26.3. The molecule has 248 valence electrons. The molecule has 1 saturated heterocycles. The average molecular weight is 615 g/mol. The van der Waals surface area contributed by atoms with Crippen LogP contribution >= 0.6 is 0 Å². The summed E-state index contributed by atoms with van der Waals surface area (Å²) in [6.45, 7) is 5.76. The Morgan fingerprint density at radius 1 is 1.02 bits per heavy atom. The molecule has 2 amide bonds. The molecule has 12 nitrogen and oxygen atoms in total. The molecule has 1 fully saturated rings. The Kier molecular flexibility index (Phi) is 19.2. The number of rotatable bonds is 22. The summed E-state index contributed by atoms with van der Waals surface area (Å²) >= 11 is 0. The van der Waals surface area contributed by atoms with Crippen molar-refractivity contribution in [3.05, 3.63) is 12.2 Å². The van der Waals surface area contributed by atoms with Crippen molar-refractivity contribution in [3.63, 3.8) is 0 Å². The molecule has 0 bridgehead atoms. The quantitative estimate of drug-likeness (QED) is 0.0521. The van der Waals surface area contributed by atoms with E-state index in [0.29, 0.717) is 12.9 Å². The van der Waals surface area contributed by atoms with Gasteiger partial charge >= 0.3 is 5.97 Å². The number of methoxy groups -OCH3 is 1. The number of aliphatic hydroxyl groups excluding tert-OH is 3. The zero-order chi connectivity index (χ0) is 32.3. The second-order valence-electron chi connectivity index (χ2n) is 11.8. The van der Waals surface area contributed by atoms with Crippen molar-refractivity contribution in [2.45, 2.75) is 128 Å². The van der Waals surface area contributed by atoms with Crippen molar-refractivity contribution < 1.29 is 48.7 Å². The first-order valence-electron chi connectivity index (χ1n) is 15.5. The second kappa shape index (κ2) is 21.3. The molecule has 6 unspecified atom stereocenters. The fraction of sp³-hybridized carbons (Fsp3) is 0.806. The van der Waals surface area contributed by atoms with Crippen LogP contribution in [0.4, 0.5) is 0 Å². The number of aldehydes is 1. The molecular weight excluding hydrogens is 560 g/mol.